The van der Waals surface area contributed by atoms with Crippen LogP contribution in [-0.4, -0.2) is 11.7 Å². The lowest BCUT2D eigenvalue weighted by Gasteiger charge is -2.12. The average Bonchev–Trinajstić information content (AvgIpc) is 2.15. The summed E-state index contributed by atoms with van der Waals surface area (Å²) in [6.45, 7) is 4.16. The lowest BCUT2D eigenvalue weighted by Crippen LogP contribution is -2.01. The molecule has 0 aromatic heterocycles. The molecule has 1 atom stereocenters. The number of ether oxygens (including phenoxy) is 1. The van der Waals surface area contributed by atoms with Gasteiger partial charge >= 0.3 is 0 Å². The van der Waals surface area contributed by atoms with Gasteiger partial charge < -0.3 is 9.84 Å². The molecule has 0 heterocycles. The van der Waals surface area contributed by atoms with Crippen molar-refractivity contribution in [3.05, 3.63) is 29.6 Å². The van der Waals surface area contributed by atoms with Crippen LogP contribution in [0.15, 0.2) is 18.2 Å². The zero-order valence-corrected chi connectivity index (χ0v) is 8.46. The molecule has 0 amide bonds. The minimum Gasteiger partial charge on any atom is -0.493 e. The van der Waals surface area contributed by atoms with Crippen molar-refractivity contribution in [2.75, 3.05) is 6.61 Å². The highest BCUT2D eigenvalue weighted by atomic mass is 19.1. The first-order valence-corrected chi connectivity index (χ1v) is 4.75. The van der Waals surface area contributed by atoms with Crippen LogP contribution in [-0.2, 0) is 0 Å². The Morgan fingerprint density at radius 3 is 2.79 bits per heavy atom. The second-order valence-corrected chi connectivity index (χ2v) is 3.21. The molecule has 1 aromatic carbocycles. The predicted octanol–water partition coefficient (Wildman–Crippen LogP) is 2.67. The number of aliphatic hydroxyl groups excluding tert-OH is 1. The van der Waals surface area contributed by atoms with E-state index >= 15 is 0 Å². The summed E-state index contributed by atoms with van der Waals surface area (Å²) < 4.78 is 18.2. The molecule has 3 heteroatoms. The number of aliphatic hydroxyl groups is 1. The van der Waals surface area contributed by atoms with Crippen LogP contribution < -0.4 is 4.74 Å². The Labute approximate surface area is 83.3 Å². The molecule has 0 radical (unpaired) electrons. The van der Waals surface area contributed by atoms with Crippen LogP contribution in [0.4, 0.5) is 4.39 Å². The first-order chi connectivity index (χ1) is 6.65. The zero-order chi connectivity index (χ0) is 10.6. The van der Waals surface area contributed by atoms with Crippen molar-refractivity contribution in [1.29, 1.82) is 0 Å². The summed E-state index contributed by atoms with van der Waals surface area (Å²) in [5, 5.41) is 9.38. The van der Waals surface area contributed by atoms with E-state index < -0.39 is 6.10 Å². The Kier molecular flexibility index (Phi) is 3.89. The molecule has 14 heavy (non-hydrogen) atoms. The molecule has 0 aliphatic heterocycles. The van der Waals surface area contributed by atoms with E-state index in [4.69, 9.17) is 4.74 Å². The van der Waals surface area contributed by atoms with Gasteiger partial charge in [0, 0.05) is 5.56 Å². The van der Waals surface area contributed by atoms with Crippen molar-refractivity contribution >= 4 is 0 Å². The lowest BCUT2D eigenvalue weighted by molar-refractivity contribution is 0.190. The highest BCUT2D eigenvalue weighted by molar-refractivity contribution is 5.35. The fourth-order valence-electron chi connectivity index (χ4n) is 1.19. The van der Waals surface area contributed by atoms with E-state index in [0.717, 1.165) is 6.42 Å². The van der Waals surface area contributed by atoms with Crippen LogP contribution in [0.2, 0.25) is 0 Å². The normalized spacial score (nSPS) is 12.6. The number of benzene rings is 1. The molecule has 0 aliphatic rings. The number of hydrogen-bond donors (Lipinski definition) is 1. The van der Waals surface area contributed by atoms with Gasteiger partial charge in [-0.3, -0.25) is 0 Å². The van der Waals surface area contributed by atoms with Crippen LogP contribution in [0.25, 0.3) is 0 Å². The molecule has 1 unspecified atom stereocenters. The zero-order valence-electron chi connectivity index (χ0n) is 8.46. The molecule has 0 fully saturated rings. The summed E-state index contributed by atoms with van der Waals surface area (Å²) in [5.41, 5.74) is 0.499. The number of halogens is 1. The summed E-state index contributed by atoms with van der Waals surface area (Å²) in [7, 11) is 0. The molecule has 0 spiro atoms. The second-order valence-electron chi connectivity index (χ2n) is 3.21. The van der Waals surface area contributed by atoms with E-state index in [2.05, 4.69) is 0 Å². The summed E-state index contributed by atoms with van der Waals surface area (Å²) in [4.78, 5) is 0. The molecule has 1 rings (SSSR count). The van der Waals surface area contributed by atoms with Crippen molar-refractivity contribution < 1.29 is 14.2 Å². The predicted molar refractivity (Wildman–Crippen MR) is 52.8 cm³/mol. The Bertz CT molecular complexity index is 297. The standard InChI is InChI=1S/C11H15FO2/c1-3-6-14-11-5-4-9(12)7-10(11)8(2)13/h4-5,7-8,13H,3,6H2,1-2H3. The van der Waals surface area contributed by atoms with Crippen molar-refractivity contribution in [2.24, 2.45) is 0 Å². The molecular weight excluding hydrogens is 183 g/mol. The van der Waals surface area contributed by atoms with Crippen molar-refractivity contribution in [2.45, 2.75) is 26.4 Å². The Balaban J connectivity index is 2.90. The Hall–Kier alpha value is -1.09. The van der Waals surface area contributed by atoms with Crippen molar-refractivity contribution in [3.63, 3.8) is 0 Å². The van der Waals surface area contributed by atoms with Crippen LogP contribution in [0, 0.1) is 5.82 Å². The fourth-order valence-corrected chi connectivity index (χ4v) is 1.19. The fraction of sp³-hybridized carbons (Fsp3) is 0.455. The maximum atomic E-state index is 12.9. The van der Waals surface area contributed by atoms with E-state index in [1.54, 1.807) is 13.0 Å². The first-order valence-electron chi connectivity index (χ1n) is 4.75. The van der Waals surface area contributed by atoms with Crippen LogP contribution in [0.5, 0.6) is 5.75 Å². The molecule has 1 N–H and O–H groups in total. The van der Waals surface area contributed by atoms with E-state index in [9.17, 15) is 9.50 Å². The smallest absolute Gasteiger partial charge is 0.125 e. The molecular formula is C11H15FO2. The third-order valence-corrected chi connectivity index (χ3v) is 1.88. The quantitative estimate of drug-likeness (QED) is 0.806. The van der Waals surface area contributed by atoms with Gasteiger partial charge in [-0.05, 0) is 31.5 Å². The number of hydrogen-bond acceptors (Lipinski definition) is 2. The van der Waals surface area contributed by atoms with Gasteiger partial charge in [-0.15, -0.1) is 0 Å². The van der Waals surface area contributed by atoms with Gasteiger partial charge in [-0.25, -0.2) is 4.39 Å². The third-order valence-electron chi connectivity index (χ3n) is 1.88. The molecule has 0 aliphatic carbocycles. The Morgan fingerprint density at radius 2 is 2.21 bits per heavy atom. The van der Waals surface area contributed by atoms with E-state index in [0.29, 0.717) is 17.9 Å². The summed E-state index contributed by atoms with van der Waals surface area (Å²) in [6.07, 6.45) is 0.175. The van der Waals surface area contributed by atoms with Crippen LogP contribution >= 0.6 is 0 Å². The van der Waals surface area contributed by atoms with E-state index in [1.165, 1.54) is 12.1 Å². The molecule has 78 valence electrons. The third kappa shape index (κ3) is 2.70. The topological polar surface area (TPSA) is 29.5 Å². The average molecular weight is 198 g/mol. The minimum absolute atomic E-state index is 0.357. The molecule has 0 bridgehead atoms. The summed E-state index contributed by atoms with van der Waals surface area (Å²) in [5.74, 6) is 0.202. The largest absolute Gasteiger partial charge is 0.493 e. The van der Waals surface area contributed by atoms with Gasteiger partial charge in [0.1, 0.15) is 11.6 Å². The van der Waals surface area contributed by atoms with Gasteiger partial charge in [-0.2, -0.15) is 0 Å². The van der Waals surface area contributed by atoms with Crippen molar-refractivity contribution in [1.82, 2.24) is 0 Å². The monoisotopic (exact) mass is 198 g/mol. The van der Waals surface area contributed by atoms with E-state index in [-0.39, 0.29) is 5.82 Å². The Morgan fingerprint density at radius 1 is 1.50 bits per heavy atom. The van der Waals surface area contributed by atoms with Gasteiger partial charge in [0.15, 0.2) is 0 Å². The maximum Gasteiger partial charge on any atom is 0.125 e. The first kappa shape index (κ1) is 11.0. The molecule has 1 aromatic rings. The van der Waals surface area contributed by atoms with Gasteiger partial charge in [0.2, 0.25) is 0 Å². The highest BCUT2D eigenvalue weighted by Gasteiger charge is 2.09. The summed E-state index contributed by atoms with van der Waals surface area (Å²) >= 11 is 0. The molecule has 0 saturated carbocycles. The van der Waals surface area contributed by atoms with Crippen molar-refractivity contribution in [3.8, 4) is 5.75 Å². The molecule has 0 saturated heterocycles. The van der Waals surface area contributed by atoms with Crippen LogP contribution in [0.1, 0.15) is 31.9 Å². The highest BCUT2D eigenvalue weighted by Crippen LogP contribution is 2.25. The van der Waals surface area contributed by atoms with Gasteiger partial charge in [0.05, 0.1) is 12.7 Å². The van der Waals surface area contributed by atoms with Gasteiger partial charge in [0.25, 0.3) is 0 Å². The SMILES string of the molecule is CCCOc1ccc(F)cc1C(C)O. The molecule has 2 nitrogen and oxygen atoms in total. The lowest BCUT2D eigenvalue weighted by atomic mass is 10.1. The minimum atomic E-state index is -0.711. The van der Waals surface area contributed by atoms with E-state index in [1.807, 2.05) is 6.92 Å². The number of rotatable bonds is 4. The second kappa shape index (κ2) is 4.96. The maximum absolute atomic E-state index is 12.9. The summed E-state index contributed by atoms with van der Waals surface area (Å²) in [6, 6.07) is 4.18. The van der Waals surface area contributed by atoms with Gasteiger partial charge in [-0.1, -0.05) is 6.92 Å². The van der Waals surface area contributed by atoms with Crippen LogP contribution in [0.3, 0.4) is 0 Å².